The number of benzene rings is 1. The summed E-state index contributed by atoms with van der Waals surface area (Å²) in [5.74, 6) is -2.29. The fourth-order valence-electron chi connectivity index (χ4n) is 3.72. The number of alkyl halides is 3. The number of carbonyl (C=O) groups excluding carboxylic acids is 4. The molecule has 2 unspecified atom stereocenters. The van der Waals surface area contributed by atoms with Gasteiger partial charge in [0.05, 0.1) is 0 Å². The van der Waals surface area contributed by atoms with E-state index < -0.39 is 47.3 Å². The van der Waals surface area contributed by atoms with E-state index in [-0.39, 0.29) is 30.5 Å². The lowest BCUT2D eigenvalue weighted by molar-refractivity contribution is -0.174. The van der Waals surface area contributed by atoms with Gasteiger partial charge in [-0.1, -0.05) is 20.8 Å². The van der Waals surface area contributed by atoms with Gasteiger partial charge in [-0.3, -0.25) is 24.5 Å². The number of fused-ring (bicyclic) bond motifs is 1. The average Bonchev–Trinajstić information content (AvgIpc) is 2.93. The van der Waals surface area contributed by atoms with Crippen LogP contribution in [-0.4, -0.2) is 46.8 Å². The summed E-state index contributed by atoms with van der Waals surface area (Å²) in [6.45, 7) is 4.17. The molecule has 0 aromatic heterocycles. The van der Waals surface area contributed by atoms with Crippen molar-refractivity contribution in [1.82, 2.24) is 15.5 Å². The molecular weight excluding hydrogens is 403 g/mol. The number of nitrogens with one attached hydrogen (secondary N) is 2. The van der Waals surface area contributed by atoms with Gasteiger partial charge >= 0.3 is 6.18 Å². The minimum atomic E-state index is -4.62. The second-order valence-corrected chi connectivity index (χ2v) is 8.59. The number of hydrogen-bond acceptors (Lipinski definition) is 4. The van der Waals surface area contributed by atoms with Crippen LogP contribution in [0.4, 0.5) is 13.2 Å². The van der Waals surface area contributed by atoms with Crippen molar-refractivity contribution in [2.45, 2.75) is 58.4 Å². The molecule has 2 aliphatic rings. The smallest absolute Gasteiger partial charge is 0.340 e. The highest BCUT2D eigenvalue weighted by Gasteiger charge is 2.48. The molecule has 1 fully saturated rings. The van der Waals surface area contributed by atoms with Crippen LogP contribution >= 0.6 is 0 Å². The van der Waals surface area contributed by atoms with Crippen molar-refractivity contribution in [3.8, 4) is 0 Å². The molecule has 2 heterocycles. The summed E-state index contributed by atoms with van der Waals surface area (Å²) in [4.78, 5) is 49.9. The average molecular weight is 425 g/mol. The van der Waals surface area contributed by atoms with Gasteiger partial charge in [-0.25, -0.2) is 0 Å². The molecule has 2 atom stereocenters. The Labute approximate surface area is 171 Å². The number of carbonyl (C=O) groups is 4. The zero-order chi connectivity index (χ0) is 22.4. The lowest BCUT2D eigenvalue weighted by atomic mass is 9.86. The van der Waals surface area contributed by atoms with Crippen molar-refractivity contribution in [1.29, 1.82) is 0 Å². The van der Waals surface area contributed by atoms with Gasteiger partial charge in [0.25, 0.3) is 11.8 Å². The fourth-order valence-corrected chi connectivity index (χ4v) is 3.72. The lowest BCUT2D eigenvalue weighted by Gasteiger charge is -2.33. The van der Waals surface area contributed by atoms with Gasteiger partial charge in [-0.2, -0.15) is 13.2 Å². The van der Waals surface area contributed by atoms with Crippen molar-refractivity contribution >= 4 is 23.6 Å². The van der Waals surface area contributed by atoms with Crippen LogP contribution in [0.2, 0.25) is 0 Å². The predicted molar refractivity (Wildman–Crippen MR) is 99.3 cm³/mol. The van der Waals surface area contributed by atoms with Gasteiger partial charge in [0.15, 0.2) is 0 Å². The number of hydrogen-bond donors (Lipinski definition) is 2. The maximum atomic E-state index is 13.4. The van der Waals surface area contributed by atoms with Gasteiger partial charge in [0.2, 0.25) is 11.8 Å². The maximum Gasteiger partial charge on any atom is 0.409 e. The Hall–Kier alpha value is -2.91. The third kappa shape index (κ3) is 4.17. The molecule has 4 amide bonds. The van der Waals surface area contributed by atoms with Crippen LogP contribution < -0.4 is 10.6 Å². The summed E-state index contributed by atoms with van der Waals surface area (Å²) in [7, 11) is 0. The molecule has 0 spiro atoms. The number of amides is 4. The molecule has 10 heteroatoms. The Morgan fingerprint density at radius 1 is 1.20 bits per heavy atom. The fraction of sp³-hybridized carbons (Fsp3) is 0.500. The molecule has 2 N–H and O–H groups in total. The van der Waals surface area contributed by atoms with Crippen molar-refractivity contribution < 1.29 is 32.3 Å². The van der Waals surface area contributed by atoms with Crippen molar-refractivity contribution in [3.63, 3.8) is 0 Å². The highest BCUT2D eigenvalue weighted by Crippen LogP contribution is 2.34. The molecule has 30 heavy (non-hydrogen) atoms. The molecule has 162 valence electrons. The van der Waals surface area contributed by atoms with Crippen LogP contribution in [0.3, 0.4) is 0 Å². The van der Waals surface area contributed by atoms with E-state index in [1.54, 1.807) is 0 Å². The van der Waals surface area contributed by atoms with E-state index in [0.29, 0.717) is 5.56 Å². The van der Waals surface area contributed by atoms with Crippen LogP contribution in [-0.2, 0) is 16.1 Å². The normalized spacial score (nSPS) is 20.7. The Morgan fingerprint density at radius 2 is 1.87 bits per heavy atom. The van der Waals surface area contributed by atoms with Crippen LogP contribution in [0.25, 0.3) is 0 Å². The first-order valence-corrected chi connectivity index (χ1v) is 9.44. The van der Waals surface area contributed by atoms with Gasteiger partial charge in [-0.15, -0.1) is 0 Å². The molecule has 1 aromatic carbocycles. The lowest BCUT2D eigenvalue weighted by Crippen LogP contribution is -2.53. The Bertz CT molecular complexity index is 907. The minimum absolute atomic E-state index is 0.00910. The van der Waals surface area contributed by atoms with Gasteiger partial charge < -0.3 is 10.2 Å². The maximum absolute atomic E-state index is 13.4. The van der Waals surface area contributed by atoms with E-state index in [1.165, 1.54) is 43.9 Å². The summed E-state index contributed by atoms with van der Waals surface area (Å²) < 4.78 is 40.1. The van der Waals surface area contributed by atoms with Gasteiger partial charge in [-0.05, 0) is 35.6 Å². The Kier molecular flexibility index (Phi) is 5.38. The van der Waals surface area contributed by atoms with E-state index >= 15 is 0 Å². The number of imide groups is 1. The zero-order valence-corrected chi connectivity index (χ0v) is 16.7. The van der Waals surface area contributed by atoms with Gasteiger partial charge in [0.1, 0.15) is 12.1 Å². The van der Waals surface area contributed by atoms with Crippen molar-refractivity contribution in [2.24, 2.45) is 5.41 Å². The van der Waals surface area contributed by atoms with E-state index in [0.717, 1.165) is 0 Å². The van der Waals surface area contributed by atoms with Crippen LogP contribution in [0.15, 0.2) is 18.2 Å². The van der Waals surface area contributed by atoms with Crippen LogP contribution in [0, 0.1) is 5.41 Å². The first-order chi connectivity index (χ1) is 13.8. The van der Waals surface area contributed by atoms with E-state index in [9.17, 15) is 32.3 Å². The van der Waals surface area contributed by atoms with Gasteiger partial charge in [0, 0.05) is 24.1 Å². The third-order valence-corrected chi connectivity index (χ3v) is 5.25. The molecule has 1 aromatic rings. The van der Waals surface area contributed by atoms with Crippen LogP contribution in [0.1, 0.15) is 59.9 Å². The molecular formula is C20H22F3N3O4. The molecule has 0 radical (unpaired) electrons. The predicted octanol–water partition coefficient (Wildman–Crippen LogP) is 2.15. The Balaban J connectivity index is 1.80. The van der Waals surface area contributed by atoms with E-state index in [4.69, 9.17) is 0 Å². The monoisotopic (exact) mass is 425 g/mol. The number of piperidine rings is 1. The molecule has 7 nitrogen and oxygen atoms in total. The largest absolute Gasteiger partial charge is 0.409 e. The van der Waals surface area contributed by atoms with Crippen LogP contribution in [0.5, 0.6) is 0 Å². The molecule has 2 aliphatic heterocycles. The number of halogens is 3. The topological polar surface area (TPSA) is 95.6 Å². The third-order valence-electron chi connectivity index (χ3n) is 5.25. The zero-order valence-electron chi connectivity index (χ0n) is 16.7. The van der Waals surface area contributed by atoms with Crippen molar-refractivity contribution in [3.05, 3.63) is 34.9 Å². The van der Waals surface area contributed by atoms with E-state index in [1.807, 2.05) is 5.32 Å². The molecule has 1 saturated heterocycles. The highest BCUT2D eigenvalue weighted by molar-refractivity contribution is 6.06. The quantitative estimate of drug-likeness (QED) is 0.726. The summed E-state index contributed by atoms with van der Waals surface area (Å²) in [6, 6.07) is 1.17. The summed E-state index contributed by atoms with van der Waals surface area (Å²) in [6.07, 6.45) is -4.32. The second kappa shape index (κ2) is 7.41. The summed E-state index contributed by atoms with van der Waals surface area (Å²) >= 11 is 0. The first kappa shape index (κ1) is 21.8. The summed E-state index contributed by atoms with van der Waals surface area (Å²) in [5, 5.41) is 4.23. The molecule has 0 saturated carbocycles. The Morgan fingerprint density at radius 3 is 2.43 bits per heavy atom. The molecule has 0 aliphatic carbocycles. The highest BCUT2D eigenvalue weighted by atomic mass is 19.4. The SMILES string of the molecule is CC(C)(C)C(NC(=O)c1ccc2c(c1)CN(C1CCC(=O)NC1=O)C2=O)C(F)(F)F. The van der Waals surface area contributed by atoms with E-state index in [2.05, 4.69) is 5.32 Å². The number of rotatable bonds is 3. The van der Waals surface area contributed by atoms with Crippen molar-refractivity contribution in [2.75, 3.05) is 0 Å². The standard InChI is InChI=1S/C20H22F3N3O4/c1-19(2,3)18(20(21,22)23)25-15(28)10-4-5-12-11(8-10)9-26(17(12)30)13-6-7-14(27)24-16(13)29/h4-5,8,13,18H,6-7,9H2,1-3H3,(H,25,28)(H,24,27,29). The molecule has 3 rings (SSSR count). The molecule has 0 bridgehead atoms. The second-order valence-electron chi connectivity index (χ2n) is 8.59. The number of nitrogens with zero attached hydrogens (tertiary/aromatic N) is 1. The minimum Gasteiger partial charge on any atom is -0.340 e. The summed E-state index contributed by atoms with van der Waals surface area (Å²) in [5.41, 5.74) is -0.537. The first-order valence-electron chi connectivity index (χ1n) is 9.44.